The van der Waals surface area contributed by atoms with Crippen molar-refractivity contribution >= 4 is 28.3 Å². The van der Waals surface area contributed by atoms with Crippen LogP contribution in [0.5, 0.6) is 0 Å². The van der Waals surface area contributed by atoms with Gasteiger partial charge in [-0.1, -0.05) is 36.8 Å². The fraction of sp³-hybridized carbons (Fsp3) is 0.667. The zero-order valence-corrected chi connectivity index (χ0v) is 19.1. The number of nitro groups is 1. The molecule has 1 aromatic rings. The van der Waals surface area contributed by atoms with Crippen molar-refractivity contribution in [1.82, 2.24) is 0 Å². The third-order valence-electron chi connectivity index (χ3n) is 8.97. The molecule has 31 heavy (non-hydrogen) atoms. The molecule has 6 atom stereocenters. The van der Waals surface area contributed by atoms with Gasteiger partial charge in [0.25, 0.3) is 0 Å². The summed E-state index contributed by atoms with van der Waals surface area (Å²) in [5.74, 6) is 2.05. The zero-order chi connectivity index (χ0) is 21.8. The number of hydrogen-bond donors (Lipinski definition) is 1. The lowest BCUT2D eigenvalue weighted by Crippen LogP contribution is -2.50. The molecular formula is C24H31N3O3S. The van der Waals surface area contributed by atoms with E-state index in [2.05, 4.69) is 30.1 Å². The smallest absolute Gasteiger partial charge is 0.324 e. The predicted molar refractivity (Wildman–Crippen MR) is 124 cm³/mol. The van der Waals surface area contributed by atoms with Gasteiger partial charge in [-0.15, -0.1) is 0 Å². The Bertz CT molecular complexity index is 982. The van der Waals surface area contributed by atoms with Crippen molar-refractivity contribution in [2.24, 2.45) is 38.8 Å². The Morgan fingerprint density at radius 1 is 1.19 bits per heavy atom. The van der Waals surface area contributed by atoms with Gasteiger partial charge in [0, 0.05) is 17.2 Å². The van der Waals surface area contributed by atoms with Crippen molar-refractivity contribution < 1.29 is 10.0 Å². The molecule has 0 amide bonds. The molecule has 4 aliphatic carbocycles. The molecule has 3 fully saturated rings. The number of hydrogen-bond acceptors (Lipinski definition) is 6. The van der Waals surface area contributed by atoms with E-state index in [0.717, 1.165) is 54.7 Å². The molecule has 0 unspecified atom stereocenters. The Balaban J connectivity index is 1.35. The van der Waals surface area contributed by atoms with Gasteiger partial charge in [0.15, 0.2) is 0 Å². The normalized spacial score (nSPS) is 41.0. The van der Waals surface area contributed by atoms with Crippen LogP contribution in [-0.2, 0) is 0 Å². The van der Waals surface area contributed by atoms with Crippen LogP contribution in [0.3, 0.4) is 0 Å². The highest BCUT2D eigenvalue weighted by atomic mass is 32.1. The summed E-state index contributed by atoms with van der Waals surface area (Å²) in [4.78, 5) is 11.3. The first-order chi connectivity index (χ1) is 14.8. The third-order valence-corrected chi connectivity index (χ3v) is 9.95. The van der Waals surface area contributed by atoms with Crippen molar-refractivity contribution in [3.8, 4) is 0 Å². The van der Waals surface area contributed by atoms with Gasteiger partial charge >= 0.3 is 5.00 Å². The number of thiophene rings is 1. The number of aliphatic hydroxyl groups excluding tert-OH is 1. The topological polar surface area (TPSA) is 88.1 Å². The summed E-state index contributed by atoms with van der Waals surface area (Å²) in [6.45, 7) is 4.84. The van der Waals surface area contributed by atoms with Crippen LogP contribution in [0.25, 0.3) is 0 Å². The summed E-state index contributed by atoms with van der Waals surface area (Å²) >= 11 is 1.13. The molecule has 6 nitrogen and oxygen atoms in total. The molecule has 5 rings (SSSR count). The van der Waals surface area contributed by atoms with Crippen LogP contribution in [-0.4, -0.2) is 28.1 Å². The van der Waals surface area contributed by atoms with E-state index >= 15 is 0 Å². The van der Waals surface area contributed by atoms with Crippen LogP contribution in [0.2, 0.25) is 0 Å². The highest BCUT2D eigenvalue weighted by Gasteiger charge is 2.57. The summed E-state index contributed by atoms with van der Waals surface area (Å²) < 4.78 is 0. The lowest BCUT2D eigenvalue weighted by atomic mass is 9.48. The molecule has 0 radical (unpaired) electrons. The first kappa shape index (κ1) is 21.0. The minimum absolute atomic E-state index is 0.107. The monoisotopic (exact) mass is 441 g/mol. The highest BCUT2D eigenvalue weighted by molar-refractivity contribution is 7.16. The van der Waals surface area contributed by atoms with E-state index in [4.69, 9.17) is 0 Å². The minimum Gasteiger partial charge on any atom is -0.393 e. The molecule has 0 aliphatic heterocycles. The molecule has 1 N–H and O–H groups in total. The number of rotatable bonds is 3. The Labute approximate surface area is 187 Å². The summed E-state index contributed by atoms with van der Waals surface area (Å²) in [5, 5.41) is 30.2. The largest absolute Gasteiger partial charge is 0.393 e. The van der Waals surface area contributed by atoms with E-state index in [1.165, 1.54) is 30.2 Å². The molecule has 0 saturated heterocycles. The summed E-state index contributed by atoms with van der Waals surface area (Å²) in [7, 11) is 0. The van der Waals surface area contributed by atoms with Crippen LogP contribution in [0, 0.1) is 38.7 Å². The fourth-order valence-electron chi connectivity index (χ4n) is 7.26. The predicted octanol–water partition coefficient (Wildman–Crippen LogP) is 5.75. The quantitative estimate of drug-likeness (QED) is 0.280. The lowest BCUT2D eigenvalue weighted by molar-refractivity contribution is -0.380. The Hall–Kier alpha value is -1.86. The van der Waals surface area contributed by atoms with Gasteiger partial charge in [0.05, 0.1) is 22.1 Å². The van der Waals surface area contributed by atoms with Gasteiger partial charge in [-0.25, -0.2) is 0 Å². The number of allylic oxidation sites excluding steroid dienone is 1. The third kappa shape index (κ3) is 3.41. The molecule has 7 heteroatoms. The van der Waals surface area contributed by atoms with Crippen molar-refractivity contribution in [2.45, 2.75) is 71.3 Å². The average Bonchev–Trinajstić information content (AvgIpc) is 3.33. The second-order valence-corrected chi connectivity index (χ2v) is 11.5. The Morgan fingerprint density at radius 3 is 2.74 bits per heavy atom. The summed E-state index contributed by atoms with van der Waals surface area (Å²) in [6.07, 6.45) is 12.6. The van der Waals surface area contributed by atoms with E-state index in [9.17, 15) is 15.2 Å². The first-order valence-corrected chi connectivity index (χ1v) is 12.3. The van der Waals surface area contributed by atoms with E-state index in [-0.39, 0.29) is 26.9 Å². The van der Waals surface area contributed by atoms with Crippen molar-refractivity contribution in [2.75, 3.05) is 0 Å². The maximum absolute atomic E-state index is 10.9. The highest BCUT2D eigenvalue weighted by Crippen LogP contribution is 2.64. The fourth-order valence-corrected chi connectivity index (χ4v) is 7.95. The van der Waals surface area contributed by atoms with Crippen LogP contribution < -0.4 is 0 Å². The maximum atomic E-state index is 10.9. The maximum Gasteiger partial charge on any atom is 0.324 e. The molecule has 0 spiro atoms. The van der Waals surface area contributed by atoms with Gasteiger partial charge in [0.2, 0.25) is 0 Å². The summed E-state index contributed by atoms with van der Waals surface area (Å²) in [6, 6.07) is 3.24. The molecule has 3 saturated carbocycles. The van der Waals surface area contributed by atoms with E-state index in [1.54, 1.807) is 12.3 Å². The Morgan fingerprint density at radius 2 is 1.97 bits per heavy atom. The van der Waals surface area contributed by atoms with Gasteiger partial charge in [-0.2, -0.15) is 10.2 Å². The second kappa shape index (κ2) is 7.62. The van der Waals surface area contributed by atoms with E-state index < -0.39 is 0 Å². The number of nitrogens with zero attached hydrogens (tertiary/aromatic N) is 3. The minimum atomic E-state index is -0.369. The van der Waals surface area contributed by atoms with Crippen LogP contribution in [0.4, 0.5) is 5.00 Å². The second-order valence-electron chi connectivity index (χ2n) is 10.4. The Kier molecular flexibility index (Phi) is 5.17. The molecule has 1 heterocycles. The van der Waals surface area contributed by atoms with Crippen molar-refractivity contribution in [1.29, 1.82) is 0 Å². The average molecular weight is 442 g/mol. The van der Waals surface area contributed by atoms with Crippen molar-refractivity contribution in [3.63, 3.8) is 0 Å². The lowest BCUT2D eigenvalue weighted by Gasteiger charge is -2.57. The van der Waals surface area contributed by atoms with Gasteiger partial charge in [0.1, 0.15) is 0 Å². The SMILES string of the molecule is C[C@]12CC[C@H](O)CC1=CC[C@H]1[C@H]2CC[C@]2(C)/C(=N\N=C/c3ccc([N+](=O)[O-])s3)CC[C@H]12. The molecule has 0 aromatic carbocycles. The summed E-state index contributed by atoms with van der Waals surface area (Å²) in [5.41, 5.74) is 3.08. The van der Waals surface area contributed by atoms with Gasteiger partial charge in [-0.05, 0) is 80.6 Å². The van der Waals surface area contributed by atoms with Crippen LogP contribution in [0.1, 0.15) is 70.1 Å². The van der Waals surface area contributed by atoms with Gasteiger partial charge < -0.3 is 5.11 Å². The molecule has 166 valence electrons. The number of fused-ring (bicyclic) bond motifs is 5. The van der Waals surface area contributed by atoms with Crippen LogP contribution in [0.15, 0.2) is 34.0 Å². The number of aliphatic hydroxyl groups is 1. The van der Waals surface area contributed by atoms with Gasteiger partial charge in [-0.3, -0.25) is 10.1 Å². The van der Waals surface area contributed by atoms with E-state index in [1.807, 2.05) is 0 Å². The van der Waals surface area contributed by atoms with Crippen LogP contribution >= 0.6 is 11.3 Å². The van der Waals surface area contributed by atoms with Crippen molar-refractivity contribution in [3.05, 3.63) is 38.8 Å². The first-order valence-electron chi connectivity index (χ1n) is 11.5. The van der Waals surface area contributed by atoms with E-state index in [0.29, 0.717) is 17.8 Å². The molecular weight excluding hydrogens is 410 g/mol. The molecule has 4 aliphatic rings. The zero-order valence-electron chi connectivity index (χ0n) is 18.3. The standard InChI is InChI=1S/C24H31N3O3S/c1-23-11-9-16(28)13-15(23)3-5-18-19-6-7-21(24(19,2)12-10-20(18)23)26-25-14-17-4-8-22(31-17)27(29)30/h3-4,8,14,16,18-20,28H,5-7,9-13H2,1-2H3/b25-14-,26-21-/t16-,18+,19+,20+,23-,24-/m0/s1. The molecule has 0 bridgehead atoms. The molecule has 1 aromatic heterocycles.